The maximum atomic E-state index is 13.2. The third kappa shape index (κ3) is 3.05. The van der Waals surface area contributed by atoms with E-state index in [2.05, 4.69) is 12.8 Å². The monoisotopic (exact) mass is 452 g/mol. The number of benzene rings is 1. The summed E-state index contributed by atoms with van der Waals surface area (Å²) in [5, 5.41) is 0. The molecule has 1 aromatic rings. The number of alkyl halides is 3. The topological polar surface area (TPSA) is 36.5 Å². The Kier molecular flexibility index (Phi) is 5.40. The second kappa shape index (κ2) is 5.59. The van der Waals surface area contributed by atoms with Gasteiger partial charge in [0.15, 0.2) is 0 Å². The predicted octanol–water partition coefficient (Wildman–Crippen LogP) is 3.77. The minimum absolute atomic E-state index is 0. The van der Waals surface area contributed by atoms with Gasteiger partial charge in [0.1, 0.15) is 17.2 Å². The summed E-state index contributed by atoms with van der Waals surface area (Å²) in [4.78, 5) is 0. The summed E-state index contributed by atoms with van der Waals surface area (Å²) in [5.74, 6) is -2.66. The van der Waals surface area contributed by atoms with Crippen LogP contribution in [-0.4, -0.2) is 4.31 Å². The summed E-state index contributed by atoms with van der Waals surface area (Å²) < 4.78 is 64.8. The zero-order valence-electron chi connectivity index (χ0n) is 8.46. The molecule has 0 aliphatic carbocycles. The summed E-state index contributed by atoms with van der Waals surface area (Å²) in [5.41, 5.74) is -2.59. The predicted molar refractivity (Wildman–Crippen MR) is 53.8 cm³/mol. The van der Waals surface area contributed by atoms with E-state index in [1.54, 1.807) is 0 Å². The average molecular weight is 452 g/mol. The molecule has 0 amide bonds. The van der Waals surface area contributed by atoms with Crippen LogP contribution >= 0.6 is 0 Å². The largest absolute Gasteiger partial charge is 2.00 e. The van der Waals surface area contributed by atoms with Gasteiger partial charge in [-0.2, -0.15) is 13.2 Å². The van der Waals surface area contributed by atoms with Crippen molar-refractivity contribution in [2.24, 2.45) is 0 Å². The van der Waals surface area contributed by atoms with Crippen molar-refractivity contribution >= 4 is 18.5 Å². The molecule has 1 aliphatic heterocycles. The van der Waals surface area contributed by atoms with Crippen LogP contribution in [0.1, 0.15) is 11.1 Å². The molecular formula is C9H5F5N2SW. The number of hydrogen-bond donors (Lipinski definition) is 0. The summed E-state index contributed by atoms with van der Waals surface area (Å²) in [7, 11) is 0. The van der Waals surface area contributed by atoms with Crippen molar-refractivity contribution in [2.45, 2.75) is 6.18 Å². The van der Waals surface area contributed by atoms with Crippen LogP contribution in [-0.2, 0) is 40.1 Å². The second-order valence-corrected chi connectivity index (χ2v) is 3.51. The molecule has 0 saturated heterocycles. The molecule has 1 aliphatic rings. The van der Waals surface area contributed by atoms with Gasteiger partial charge in [-0.3, -0.25) is 0 Å². The molecule has 0 unspecified atom stereocenters. The zero-order chi connectivity index (χ0) is 12.1. The van der Waals surface area contributed by atoms with Gasteiger partial charge in [-0.25, -0.2) is 8.78 Å². The molecule has 2 nitrogen and oxygen atoms in total. The summed E-state index contributed by atoms with van der Waals surface area (Å²) in [6.07, 6.45) is -3.84. The van der Waals surface area contributed by atoms with Crippen molar-refractivity contribution in [3.8, 4) is 0 Å². The molecule has 98 valence electrons. The third-order valence-electron chi connectivity index (χ3n) is 2.05. The maximum absolute atomic E-state index is 13.2. The van der Waals surface area contributed by atoms with Gasteiger partial charge in [0.2, 0.25) is 0 Å². The molecule has 0 atom stereocenters. The van der Waals surface area contributed by atoms with Crippen LogP contribution < -0.4 is 0 Å². The molecular weight excluding hydrogens is 447 g/mol. The Bertz CT molecular complexity index is 489. The van der Waals surface area contributed by atoms with Gasteiger partial charge in [0, 0.05) is 17.5 Å². The molecule has 0 spiro atoms. The molecule has 2 N–H and O–H groups in total. The van der Waals surface area contributed by atoms with Crippen molar-refractivity contribution in [2.75, 3.05) is 0 Å². The maximum Gasteiger partial charge on any atom is 2.00 e. The van der Waals surface area contributed by atoms with Crippen LogP contribution in [0.15, 0.2) is 18.3 Å². The standard InChI is InChI=1S/C9H3F5NS.H2N.W/c10-4-1-2-5(11)8(9(12,13)14)7(4)6-3-15(6)16;;/h1-3H;1H2;/q2*-1;+2. The van der Waals surface area contributed by atoms with E-state index in [0.717, 1.165) is 10.5 Å². The van der Waals surface area contributed by atoms with Gasteiger partial charge >= 0.3 is 27.2 Å². The van der Waals surface area contributed by atoms with Crippen LogP contribution in [0, 0.1) is 11.6 Å². The molecule has 9 heteroatoms. The fraction of sp³-hybridized carbons (Fsp3) is 0.111. The Balaban J connectivity index is 0.00000144. The fourth-order valence-electron chi connectivity index (χ4n) is 1.34. The molecule has 0 aromatic heterocycles. The van der Waals surface area contributed by atoms with Gasteiger partial charge in [-0.05, 0) is 12.1 Å². The molecule has 0 fully saturated rings. The first-order valence-electron chi connectivity index (χ1n) is 4.06. The van der Waals surface area contributed by atoms with E-state index >= 15 is 0 Å². The van der Waals surface area contributed by atoms with E-state index in [0.29, 0.717) is 12.1 Å². The summed E-state index contributed by atoms with van der Waals surface area (Å²) in [6.45, 7) is 0. The van der Waals surface area contributed by atoms with Gasteiger partial charge in [-0.1, -0.05) is 0 Å². The zero-order valence-corrected chi connectivity index (χ0v) is 12.2. The first kappa shape index (κ1) is 17.4. The number of rotatable bonds is 1. The number of halogens is 5. The van der Waals surface area contributed by atoms with Crippen LogP contribution in [0.2, 0.25) is 0 Å². The fourth-order valence-corrected chi connectivity index (χ4v) is 1.53. The summed E-state index contributed by atoms with van der Waals surface area (Å²) in [6, 6.07) is 1.08. The number of nitrogens with zero attached hydrogens (tertiary/aromatic N) is 1. The normalized spacial score (nSPS) is 13.4. The Morgan fingerprint density at radius 1 is 1.06 bits per heavy atom. The van der Waals surface area contributed by atoms with E-state index in [-0.39, 0.29) is 32.9 Å². The minimum Gasteiger partial charge on any atom is -0.693 e. The Morgan fingerprint density at radius 3 is 1.89 bits per heavy atom. The molecule has 1 aromatic carbocycles. The van der Waals surface area contributed by atoms with Crippen molar-refractivity contribution in [3.05, 3.63) is 47.2 Å². The van der Waals surface area contributed by atoms with Crippen molar-refractivity contribution < 1.29 is 43.0 Å². The van der Waals surface area contributed by atoms with E-state index in [1.165, 1.54) is 0 Å². The Hall–Kier alpha value is -0.592. The van der Waals surface area contributed by atoms with Gasteiger partial charge < -0.3 is 23.3 Å². The van der Waals surface area contributed by atoms with Crippen LogP contribution in [0.4, 0.5) is 22.0 Å². The van der Waals surface area contributed by atoms with E-state index < -0.39 is 28.9 Å². The molecule has 18 heavy (non-hydrogen) atoms. The quantitative estimate of drug-likeness (QED) is 0.481. The molecule has 0 saturated carbocycles. The van der Waals surface area contributed by atoms with Crippen molar-refractivity contribution in [1.29, 1.82) is 0 Å². The minimum atomic E-state index is -4.96. The van der Waals surface area contributed by atoms with Crippen molar-refractivity contribution in [3.63, 3.8) is 0 Å². The molecule has 0 bridgehead atoms. The Labute approximate surface area is 119 Å². The first-order chi connectivity index (χ1) is 7.32. The van der Waals surface area contributed by atoms with E-state index in [4.69, 9.17) is 0 Å². The van der Waals surface area contributed by atoms with Crippen LogP contribution in [0.5, 0.6) is 0 Å². The van der Waals surface area contributed by atoms with E-state index in [1.807, 2.05) is 0 Å². The second-order valence-electron chi connectivity index (χ2n) is 3.12. The molecule has 0 radical (unpaired) electrons. The smallest absolute Gasteiger partial charge is 0.693 e. The Morgan fingerprint density at radius 2 is 1.50 bits per heavy atom. The third-order valence-corrected chi connectivity index (χ3v) is 2.35. The van der Waals surface area contributed by atoms with Crippen LogP contribution in [0.25, 0.3) is 11.8 Å². The number of nitrogens with two attached hydrogens (primary N) is 1. The van der Waals surface area contributed by atoms with Crippen molar-refractivity contribution in [1.82, 2.24) is 4.31 Å². The van der Waals surface area contributed by atoms with E-state index in [9.17, 15) is 22.0 Å². The van der Waals surface area contributed by atoms with Crippen LogP contribution in [0.3, 0.4) is 0 Å². The number of hydrogen-bond acceptors (Lipinski definition) is 2. The van der Waals surface area contributed by atoms with Gasteiger partial charge in [0.05, 0.1) is 0 Å². The SMILES string of the molecule is Fc1ccc(F)c(C(F)(F)F)c1C1=CN1[S-].[NH2-].[W+2]. The average Bonchev–Trinajstić information content (AvgIpc) is 2.84. The summed E-state index contributed by atoms with van der Waals surface area (Å²) >= 11 is 4.50. The van der Waals surface area contributed by atoms with Gasteiger partial charge in [0.25, 0.3) is 0 Å². The molecule has 1 heterocycles. The first-order valence-corrected chi connectivity index (χ1v) is 4.42. The van der Waals surface area contributed by atoms with Gasteiger partial charge in [-0.15, -0.1) is 0 Å². The molecule has 2 rings (SSSR count).